The molecule has 0 radical (unpaired) electrons. The van der Waals surface area contributed by atoms with Crippen molar-refractivity contribution in [2.24, 2.45) is 11.8 Å². The van der Waals surface area contributed by atoms with Gasteiger partial charge >= 0.3 is 0 Å². The van der Waals surface area contributed by atoms with Gasteiger partial charge in [-0.2, -0.15) is 0 Å². The molecule has 0 aromatic rings. The number of carbonyl (C=O) groups is 2. The van der Waals surface area contributed by atoms with E-state index < -0.39 is 0 Å². The highest BCUT2D eigenvalue weighted by Crippen LogP contribution is 2.34. The zero-order valence-electron chi connectivity index (χ0n) is 16.9. The Kier molecular flexibility index (Phi) is 6.99. The highest BCUT2D eigenvalue weighted by molar-refractivity contribution is 5.82. The van der Waals surface area contributed by atoms with E-state index in [1.807, 2.05) is 23.9 Å². The molecule has 4 nitrogen and oxygen atoms in total. The molecular formula is C22H38N2O2. The Morgan fingerprint density at radius 1 is 0.577 bits per heavy atom. The molecule has 3 saturated carbocycles. The Morgan fingerprint density at radius 2 is 0.962 bits per heavy atom. The van der Waals surface area contributed by atoms with Crippen molar-refractivity contribution < 1.29 is 9.59 Å². The summed E-state index contributed by atoms with van der Waals surface area (Å²) < 4.78 is 0. The first-order chi connectivity index (χ1) is 12.6. The molecule has 0 aromatic carbocycles. The molecule has 3 aliphatic rings. The van der Waals surface area contributed by atoms with Crippen LogP contribution in [0.1, 0.15) is 89.9 Å². The predicted molar refractivity (Wildman–Crippen MR) is 105 cm³/mol. The fourth-order valence-electron chi connectivity index (χ4n) is 5.51. The SMILES string of the molecule is CN(C(=O)C1CCCC(C(=O)N(C)C2CCCCC2)C1)C1CCCCC1. The molecule has 2 atom stereocenters. The van der Waals surface area contributed by atoms with Gasteiger partial charge in [0.1, 0.15) is 0 Å². The normalized spacial score (nSPS) is 28.5. The van der Waals surface area contributed by atoms with Crippen molar-refractivity contribution in [1.29, 1.82) is 0 Å². The van der Waals surface area contributed by atoms with Crippen molar-refractivity contribution in [3.63, 3.8) is 0 Å². The van der Waals surface area contributed by atoms with E-state index in [9.17, 15) is 9.59 Å². The molecule has 26 heavy (non-hydrogen) atoms. The Morgan fingerprint density at radius 3 is 1.35 bits per heavy atom. The first-order valence-corrected chi connectivity index (χ1v) is 11.1. The molecule has 0 bridgehead atoms. The second-order valence-corrected chi connectivity index (χ2v) is 9.04. The van der Waals surface area contributed by atoms with Crippen LogP contribution in [0.2, 0.25) is 0 Å². The molecule has 0 saturated heterocycles. The summed E-state index contributed by atoms with van der Waals surface area (Å²) in [7, 11) is 4.00. The van der Waals surface area contributed by atoms with Crippen LogP contribution in [0.25, 0.3) is 0 Å². The van der Waals surface area contributed by atoms with Crippen molar-refractivity contribution in [2.75, 3.05) is 14.1 Å². The monoisotopic (exact) mass is 362 g/mol. The van der Waals surface area contributed by atoms with E-state index in [1.165, 1.54) is 38.5 Å². The number of carbonyl (C=O) groups excluding carboxylic acids is 2. The van der Waals surface area contributed by atoms with Crippen molar-refractivity contribution in [3.8, 4) is 0 Å². The number of hydrogen-bond donors (Lipinski definition) is 0. The Balaban J connectivity index is 1.55. The minimum atomic E-state index is 0.0596. The van der Waals surface area contributed by atoms with Crippen LogP contribution in [0.15, 0.2) is 0 Å². The van der Waals surface area contributed by atoms with Crippen LogP contribution in [0.4, 0.5) is 0 Å². The van der Waals surface area contributed by atoms with Gasteiger partial charge in [0.2, 0.25) is 11.8 Å². The average molecular weight is 363 g/mol. The Labute approximate surface area is 159 Å². The number of amides is 2. The Hall–Kier alpha value is -1.06. The standard InChI is InChI=1S/C22H38N2O2/c1-23(19-12-5-3-6-13-19)21(25)17-10-9-11-18(16-17)22(26)24(2)20-14-7-4-8-15-20/h17-20H,3-16H2,1-2H3. The van der Waals surface area contributed by atoms with Gasteiger partial charge in [0.25, 0.3) is 0 Å². The molecule has 2 amide bonds. The summed E-state index contributed by atoms with van der Waals surface area (Å²) in [6.45, 7) is 0. The summed E-state index contributed by atoms with van der Waals surface area (Å²) in [4.78, 5) is 30.1. The average Bonchev–Trinajstić information content (AvgIpc) is 2.73. The summed E-state index contributed by atoms with van der Waals surface area (Å²) in [6, 6.07) is 0.856. The van der Waals surface area contributed by atoms with Crippen molar-refractivity contribution in [3.05, 3.63) is 0 Å². The largest absolute Gasteiger partial charge is 0.343 e. The maximum absolute atomic E-state index is 13.0. The molecule has 0 aromatic heterocycles. The minimum Gasteiger partial charge on any atom is -0.343 e. The van der Waals surface area contributed by atoms with Crippen LogP contribution in [0, 0.1) is 11.8 Å². The molecule has 3 fully saturated rings. The molecule has 148 valence electrons. The van der Waals surface area contributed by atoms with E-state index in [2.05, 4.69) is 0 Å². The van der Waals surface area contributed by atoms with Gasteiger partial charge in [-0.25, -0.2) is 0 Å². The van der Waals surface area contributed by atoms with Crippen molar-refractivity contribution >= 4 is 11.8 Å². The summed E-state index contributed by atoms with van der Waals surface area (Å²) in [6.07, 6.45) is 16.0. The molecule has 0 spiro atoms. The van der Waals surface area contributed by atoms with Gasteiger partial charge in [-0.3, -0.25) is 9.59 Å². The third kappa shape index (κ3) is 4.61. The second-order valence-electron chi connectivity index (χ2n) is 9.04. The first kappa shape index (κ1) is 19.7. The van der Waals surface area contributed by atoms with Gasteiger partial charge in [0, 0.05) is 38.0 Å². The van der Waals surface area contributed by atoms with Crippen LogP contribution in [0.5, 0.6) is 0 Å². The Bertz CT molecular complexity index is 439. The molecule has 3 rings (SSSR count). The van der Waals surface area contributed by atoms with Crippen molar-refractivity contribution in [1.82, 2.24) is 9.80 Å². The zero-order valence-corrected chi connectivity index (χ0v) is 16.9. The number of rotatable bonds is 4. The molecule has 2 unspecified atom stereocenters. The van der Waals surface area contributed by atoms with Crippen LogP contribution >= 0.6 is 0 Å². The van der Waals surface area contributed by atoms with Crippen molar-refractivity contribution in [2.45, 2.75) is 102 Å². The first-order valence-electron chi connectivity index (χ1n) is 11.1. The molecule has 0 N–H and O–H groups in total. The summed E-state index contributed by atoms with van der Waals surface area (Å²) in [5.41, 5.74) is 0. The minimum absolute atomic E-state index is 0.0596. The maximum atomic E-state index is 13.0. The van der Waals surface area contributed by atoms with E-state index in [4.69, 9.17) is 0 Å². The van der Waals surface area contributed by atoms with Crippen LogP contribution in [-0.2, 0) is 9.59 Å². The molecule has 4 heteroatoms. The number of hydrogen-bond acceptors (Lipinski definition) is 2. The molecule has 0 aliphatic heterocycles. The third-order valence-electron chi connectivity index (χ3n) is 7.31. The quantitative estimate of drug-likeness (QED) is 0.745. The molecule has 0 heterocycles. The zero-order chi connectivity index (χ0) is 18.5. The van der Waals surface area contributed by atoms with E-state index in [0.29, 0.717) is 23.9 Å². The summed E-state index contributed by atoms with van der Waals surface area (Å²) >= 11 is 0. The van der Waals surface area contributed by atoms with Gasteiger partial charge in [-0.05, 0) is 44.9 Å². The van der Waals surface area contributed by atoms with Gasteiger partial charge in [0.15, 0.2) is 0 Å². The van der Waals surface area contributed by atoms with E-state index in [0.717, 1.165) is 51.4 Å². The lowest BCUT2D eigenvalue weighted by Crippen LogP contribution is -2.46. The lowest BCUT2D eigenvalue weighted by molar-refractivity contribution is -0.142. The van der Waals surface area contributed by atoms with Crippen LogP contribution in [0.3, 0.4) is 0 Å². The van der Waals surface area contributed by atoms with Gasteiger partial charge in [-0.15, -0.1) is 0 Å². The summed E-state index contributed by atoms with van der Waals surface area (Å²) in [5, 5.41) is 0. The topological polar surface area (TPSA) is 40.6 Å². The highest BCUT2D eigenvalue weighted by Gasteiger charge is 2.36. The van der Waals surface area contributed by atoms with E-state index >= 15 is 0 Å². The third-order valence-corrected chi connectivity index (χ3v) is 7.31. The smallest absolute Gasteiger partial charge is 0.225 e. The number of nitrogens with zero attached hydrogens (tertiary/aromatic N) is 2. The van der Waals surface area contributed by atoms with Gasteiger partial charge in [-0.1, -0.05) is 44.9 Å². The van der Waals surface area contributed by atoms with Gasteiger partial charge in [0.05, 0.1) is 0 Å². The van der Waals surface area contributed by atoms with E-state index in [-0.39, 0.29) is 11.8 Å². The van der Waals surface area contributed by atoms with E-state index in [1.54, 1.807) is 0 Å². The maximum Gasteiger partial charge on any atom is 0.225 e. The lowest BCUT2D eigenvalue weighted by Gasteiger charge is -2.38. The fourth-order valence-corrected chi connectivity index (χ4v) is 5.51. The summed E-state index contributed by atoms with van der Waals surface area (Å²) in [5.74, 6) is 0.721. The fraction of sp³-hybridized carbons (Fsp3) is 0.909. The molecular weight excluding hydrogens is 324 g/mol. The predicted octanol–water partition coefficient (Wildman–Crippen LogP) is 4.38. The molecule has 3 aliphatic carbocycles. The second kappa shape index (κ2) is 9.23. The van der Waals surface area contributed by atoms with Crippen LogP contribution in [-0.4, -0.2) is 47.8 Å². The van der Waals surface area contributed by atoms with Crippen LogP contribution < -0.4 is 0 Å². The van der Waals surface area contributed by atoms with Gasteiger partial charge < -0.3 is 9.80 Å². The highest BCUT2D eigenvalue weighted by atomic mass is 16.2. The lowest BCUT2D eigenvalue weighted by atomic mass is 9.79.